The topological polar surface area (TPSA) is 132 Å². The van der Waals surface area contributed by atoms with E-state index in [4.69, 9.17) is 4.42 Å². The maximum Gasteiger partial charge on any atom is 0.255 e. The summed E-state index contributed by atoms with van der Waals surface area (Å²) in [7, 11) is -0.818. The van der Waals surface area contributed by atoms with Crippen LogP contribution in [0.3, 0.4) is 0 Å². The van der Waals surface area contributed by atoms with E-state index in [1.54, 1.807) is 43.3 Å². The molecule has 2 aromatic heterocycles. The zero-order chi connectivity index (χ0) is 31.8. The number of hydrogen-bond donors (Lipinski definition) is 2. The highest BCUT2D eigenvalue weighted by atomic mass is 32.2. The molecule has 11 heteroatoms. The Balaban J connectivity index is 1.78. The Morgan fingerprint density at radius 3 is 2.50 bits per heavy atom. The Kier molecular flexibility index (Phi) is 7.95. The molecule has 0 aliphatic carbocycles. The predicted octanol–water partition coefficient (Wildman–Crippen LogP) is 6.49. The van der Waals surface area contributed by atoms with Crippen molar-refractivity contribution in [3.05, 3.63) is 101 Å². The number of aromatic amines is 1. The van der Waals surface area contributed by atoms with Gasteiger partial charge < -0.3 is 14.7 Å². The van der Waals surface area contributed by atoms with Crippen LogP contribution in [0, 0.1) is 17.1 Å². The first-order valence-electron chi connectivity index (χ1n) is 13.4. The second kappa shape index (κ2) is 11.7. The number of nitrogens with zero attached hydrogens (tertiary/aromatic N) is 3. The summed E-state index contributed by atoms with van der Waals surface area (Å²) in [5.41, 5.74) is 4.58. The van der Waals surface area contributed by atoms with E-state index in [1.165, 1.54) is 38.4 Å². The summed E-state index contributed by atoms with van der Waals surface area (Å²) >= 11 is 0. The molecular formula is C33H28FN5O4S. The van der Waals surface area contributed by atoms with Gasteiger partial charge in [-0.15, -0.1) is 0 Å². The molecule has 222 valence electrons. The van der Waals surface area contributed by atoms with Crippen molar-refractivity contribution in [3.63, 3.8) is 0 Å². The molecule has 0 unspecified atom stereocenters. The molecule has 3 aromatic carbocycles. The quantitative estimate of drug-likeness (QED) is 0.153. The molecule has 0 saturated heterocycles. The van der Waals surface area contributed by atoms with Gasteiger partial charge in [0.25, 0.3) is 5.91 Å². The number of nitriles is 1. The SMILES string of the molecule is C=N/C(=C\C(=C/C)c1cc2c(C(=O)NC)c(-c3ccc(F)cc3)oc2cc1N(C)S(C)(=O)=O)c1cc2c(C#N)cccc2[nH]1. The number of rotatable bonds is 8. The highest BCUT2D eigenvalue weighted by Gasteiger charge is 2.26. The van der Waals surface area contributed by atoms with Crippen LogP contribution in [0.4, 0.5) is 10.1 Å². The number of sulfonamides is 1. The number of fused-ring (bicyclic) bond motifs is 2. The van der Waals surface area contributed by atoms with Gasteiger partial charge in [-0.2, -0.15) is 5.26 Å². The molecule has 0 aliphatic rings. The second-order valence-electron chi connectivity index (χ2n) is 9.98. The highest BCUT2D eigenvalue weighted by Crippen LogP contribution is 2.41. The van der Waals surface area contributed by atoms with E-state index in [2.05, 4.69) is 28.1 Å². The number of nitrogens with one attached hydrogen (secondary N) is 2. The minimum Gasteiger partial charge on any atom is -0.455 e. The van der Waals surface area contributed by atoms with Gasteiger partial charge in [-0.25, -0.2) is 12.8 Å². The normalized spacial score (nSPS) is 12.4. The van der Waals surface area contributed by atoms with Gasteiger partial charge in [0.05, 0.1) is 40.5 Å². The van der Waals surface area contributed by atoms with Gasteiger partial charge in [0.15, 0.2) is 0 Å². The van der Waals surface area contributed by atoms with E-state index in [1.807, 2.05) is 12.1 Å². The van der Waals surface area contributed by atoms with E-state index in [9.17, 15) is 22.9 Å². The van der Waals surface area contributed by atoms with Gasteiger partial charge in [-0.1, -0.05) is 12.1 Å². The lowest BCUT2D eigenvalue weighted by atomic mass is 9.97. The van der Waals surface area contributed by atoms with Crippen LogP contribution in [0.15, 0.2) is 82.2 Å². The zero-order valence-electron chi connectivity index (χ0n) is 24.4. The van der Waals surface area contributed by atoms with Crippen molar-refractivity contribution in [3.8, 4) is 17.4 Å². The monoisotopic (exact) mass is 609 g/mol. The minimum absolute atomic E-state index is 0.210. The summed E-state index contributed by atoms with van der Waals surface area (Å²) in [5.74, 6) is -0.668. The van der Waals surface area contributed by atoms with Crippen LogP contribution in [0.25, 0.3) is 44.5 Å². The first-order chi connectivity index (χ1) is 21.0. The standard InChI is InChI=1S/C33H28FN5O4S/c1-6-19(14-27(36-2)28-16-23-21(18-35)8-7-9-26(23)38-28)24-15-25-30(17-29(24)39(4)44(5,41)42)43-32(31(25)33(40)37-3)20-10-12-22(34)13-11-20/h6-17,38H,2H2,1,3-5H3,(H,37,40)/b19-6+,27-14-. The Labute approximate surface area is 253 Å². The first-order valence-corrected chi connectivity index (χ1v) is 15.2. The van der Waals surface area contributed by atoms with Gasteiger partial charge in [0, 0.05) is 47.6 Å². The predicted molar refractivity (Wildman–Crippen MR) is 172 cm³/mol. The Bertz CT molecular complexity index is 2170. The average molecular weight is 610 g/mol. The molecule has 2 heterocycles. The van der Waals surface area contributed by atoms with E-state index in [0.29, 0.717) is 44.7 Å². The molecule has 9 nitrogen and oxygen atoms in total. The van der Waals surface area contributed by atoms with Crippen LogP contribution in [0.2, 0.25) is 0 Å². The molecule has 1 amide bonds. The van der Waals surface area contributed by atoms with Gasteiger partial charge in [-0.3, -0.25) is 14.1 Å². The second-order valence-corrected chi connectivity index (χ2v) is 12.0. The Morgan fingerprint density at radius 2 is 1.89 bits per heavy atom. The average Bonchev–Trinajstić information content (AvgIpc) is 3.62. The summed E-state index contributed by atoms with van der Waals surface area (Å²) < 4.78 is 46.5. The number of amides is 1. The number of halogens is 1. The van der Waals surface area contributed by atoms with Crippen LogP contribution in [0.1, 0.15) is 34.1 Å². The Hall–Kier alpha value is -5.47. The summed E-state index contributed by atoms with van der Waals surface area (Å²) in [5, 5.41) is 13.3. The fourth-order valence-electron chi connectivity index (χ4n) is 5.02. The third kappa shape index (κ3) is 5.39. The van der Waals surface area contributed by atoms with Crippen molar-refractivity contribution in [2.45, 2.75) is 6.92 Å². The van der Waals surface area contributed by atoms with Crippen LogP contribution in [-0.2, 0) is 10.0 Å². The lowest BCUT2D eigenvalue weighted by molar-refractivity contribution is 0.0964. The molecule has 0 spiro atoms. The number of H-pyrrole nitrogens is 1. The smallest absolute Gasteiger partial charge is 0.255 e. The van der Waals surface area contributed by atoms with Crippen LogP contribution in [-0.4, -0.2) is 46.4 Å². The molecular weight excluding hydrogens is 581 g/mol. The molecule has 5 aromatic rings. The fourth-order valence-corrected chi connectivity index (χ4v) is 5.53. The van der Waals surface area contributed by atoms with E-state index in [-0.39, 0.29) is 16.9 Å². The van der Waals surface area contributed by atoms with Gasteiger partial charge in [-0.05, 0) is 73.8 Å². The number of carbonyl (C=O) groups is 1. The van der Waals surface area contributed by atoms with Crippen molar-refractivity contribution in [1.29, 1.82) is 5.26 Å². The number of benzene rings is 3. The minimum atomic E-state index is -3.73. The largest absolute Gasteiger partial charge is 0.455 e. The number of hydrogen-bond acceptors (Lipinski definition) is 6. The molecule has 44 heavy (non-hydrogen) atoms. The summed E-state index contributed by atoms with van der Waals surface area (Å²) in [6.07, 6.45) is 4.61. The van der Waals surface area contributed by atoms with Crippen LogP contribution >= 0.6 is 0 Å². The maximum atomic E-state index is 13.7. The molecule has 0 aliphatic heterocycles. The van der Waals surface area contributed by atoms with Gasteiger partial charge in [0.1, 0.15) is 17.2 Å². The van der Waals surface area contributed by atoms with E-state index in [0.717, 1.165) is 21.5 Å². The highest BCUT2D eigenvalue weighted by molar-refractivity contribution is 7.92. The number of furan rings is 1. The van der Waals surface area contributed by atoms with Crippen LogP contribution < -0.4 is 9.62 Å². The zero-order valence-corrected chi connectivity index (χ0v) is 25.2. The first kappa shape index (κ1) is 30.0. The third-order valence-electron chi connectivity index (χ3n) is 7.35. The number of aliphatic imine (C=N–C) groups is 1. The fraction of sp³-hybridized carbons (Fsp3) is 0.121. The van der Waals surface area contributed by atoms with Crippen LogP contribution in [0.5, 0.6) is 0 Å². The third-order valence-corrected chi connectivity index (χ3v) is 8.54. The lowest BCUT2D eigenvalue weighted by Gasteiger charge is -2.21. The van der Waals surface area contributed by atoms with Crippen molar-refractivity contribution in [2.24, 2.45) is 4.99 Å². The van der Waals surface area contributed by atoms with E-state index < -0.39 is 21.7 Å². The molecule has 0 fully saturated rings. The summed E-state index contributed by atoms with van der Waals surface area (Å²) in [6, 6.07) is 18.1. The van der Waals surface area contributed by atoms with Gasteiger partial charge in [0.2, 0.25) is 10.0 Å². The molecule has 2 N–H and O–H groups in total. The Morgan fingerprint density at radius 1 is 1.16 bits per heavy atom. The number of allylic oxidation sites excluding steroid dienone is 3. The molecule has 0 radical (unpaired) electrons. The summed E-state index contributed by atoms with van der Waals surface area (Å²) in [4.78, 5) is 20.7. The van der Waals surface area contributed by atoms with Crippen molar-refractivity contribution in [1.82, 2.24) is 10.3 Å². The summed E-state index contributed by atoms with van der Waals surface area (Å²) in [6.45, 7) is 5.53. The van der Waals surface area contributed by atoms with Crippen molar-refractivity contribution >= 4 is 61.5 Å². The van der Waals surface area contributed by atoms with Crippen molar-refractivity contribution in [2.75, 3.05) is 24.7 Å². The lowest BCUT2D eigenvalue weighted by Crippen LogP contribution is -2.25. The molecule has 5 rings (SSSR count). The maximum absolute atomic E-state index is 13.7. The van der Waals surface area contributed by atoms with Gasteiger partial charge >= 0.3 is 0 Å². The van der Waals surface area contributed by atoms with E-state index >= 15 is 0 Å². The molecule has 0 saturated carbocycles. The molecule has 0 atom stereocenters. The number of anilines is 1. The molecule has 0 bridgehead atoms. The number of carbonyl (C=O) groups excluding carboxylic acids is 1. The number of aromatic nitrogens is 1. The van der Waals surface area contributed by atoms with Crippen molar-refractivity contribution < 1.29 is 22.0 Å².